The van der Waals surface area contributed by atoms with Crippen LogP contribution in [0.4, 0.5) is 0 Å². The molecule has 0 aromatic rings. The Balaban J connectivity index is 2.11. The van der Waals surface area contributed by atoms with Gasteiger partial charge in [-0.25, -0.2) is 4.79 Å². The van der Waals surface area contributed by atoms with Crippen LogP contribution in [0.3, 0.4) is 0 Å². The van der Waals surface area contributed by atoms with Crippen molar-refractivity contribution in [2.45, 2.75) is 96.7 Å². The number of carbonyl (C=O) groups is 1. The smallest absolute Gasteiger partial charge is 0.333 e. The molecule has 1 N–H and O–H groups in total. The number of esters is 1. The molecule has 1 rings (SSSR count). The van der Waals surface area contributed by atoms with E-state index in [1.54, 1.807) is 6.92 Å². The van der Waals surface area contributed by atoms with Crippen molar-refractivity contribution < 1.29 is 19.4 Å². The van der Waals surface area contributed by atoms with Gasteiger partial charge in [0.25, 0.3) is 0 Å². The lowest BCUT2D eigenvalue weighted by Gasteiger charge is -2.33. The van der Waals surface area contributed by atoms with Crippen LogP contribution in [0.25, 0.3) is 0 Å². The lowest BCUT2D eigenvalue weighted by atomic mass is 9.86. The molecule has 0 radical (unpaired) electrons. The third-order valence-electron chi connectivity index (χ3n) is 4.99. The Morgan fingerprint density at radius 2 is 1.72 bits per heavy atom. The number of carbonyl (C=O) groups excluding carboxylic acids is 1. The molecule has 3 unspecified atom stereocenters. The molecule has 146 valence electrons. The maximum atomic E-state index is 11.5. The summed E-state index contributed by atoms with van der Waals surface area (Å²) in [6, 6.07) is 0. The average molecular weight is 355 g/mol. The van der Waals surface area contributed by atoms with Crippen molar-refractivity contribution in [3.63, 3.8) is 0 Å². The van der Waals surface area contributed by atoms with Crippen molar-refractivity contribution in [1.82, 2.24) is 0 Å². The largest absolute Gasteiger partial charge is 0.462 e. The Morgan fingerprint density at radius 1 is 1.08 bits per heavy atom. The number of unbranched alkanes of at least 4 members (excludes halogenated alkanes) is 7. The second-order valence-electron chi connectivity index (χ2n) is 7.51. The summed E-state index contributed by atoms with van der Waals surface area (Å²) in [5, 5.41) is 10.1. The number of aliphatic hydroxyl groups is 1. The van der Waals surface area contributed by atoms with Crippen molar-refractivity contribution in [3.8, 4) is 0 Å². The molecule has 0 aromatic carbocycles. The summed E-state index contributed by atoms with van der Waals surface area (Å²) in [7, 11) is 0. The minimum atomic E-state index is -0.387. The average Bonchev–Trinajstić information content (AvgIpc) is 2.60. The summed E-state index contributed by atoms with van der Waals surface area (Å²) in [5.41, 5.74) is 0.429. The second kappa shape index (κ2) is 13.3. The van der Waals surface area contributed by atoms with Gasteiger partial charge < -0.3 is 14.6 Å². The van der Waals surface area contributed by atoms with E-state index in [-0.39, 0.29) is 24.1 Å². The Morgan fingerprint density at radius 3 is 2.36 bits per heavy atom. The minimum Gasteiger partial charge on any atom is -0.462 e. The van der Waals surface area contributed by atoms with E-state index in [4.69, 9.17) is 9.47 Å². The van der Waals surface area contributed by atoms with Crippen molar-refractivity contribution in [2.24, 2.45) is 5.92 Å². The fourth-order valence-electron chi connectivity index (χ4n) is 3.31. The van der Waals surface area contributed by atoms with Crippen molar-refractivity contribution in [3.05, 3.63) is 12.2 Å². The van der Waals surface area contributed by atoms with Gasteiger partial charge in [0.15, 0.2) is 0 Å². The zero-order chi connectivity index (χ0) is 18.5. The molecule has 0 amide bonds. The van der Waals surface area contributed by atoms with Crippen LogP contribution < -0.4 is 0 Å². The van der Waals surface area contributed by atoms with E-state index in [9.17, 15) is 9.90 Å². The van der Waals surface area contributed by atoms with E-state index in [1.807, 2.05) is 0 Å². The van der Waals surface area contributed by atoms with Crippen LogP contribution in [-0.4, -0.2) is 36.5 Å². The molecule has 0 saturated heterocycles. The highest BCUT2D eigenvalue weighted by Gasteiger charge is 2.30. The Labute approximate surface area is 154 Å². The summed E-state index contributed by atoms with van der Waals surface area (Å²) in [6.07, 6.45) is 12.1. The van der Waals surface area contributed by atoms with Crippen molar-refractivity contribution in [2.75, 3.05) is 13.2 Å². The SMILES string of the molecule is C=C(C)C(=O)OCC1CCC(O)C(OCCCCCCCCCC)C1. The first-order chi connectivity index (χ1) is 12.0. The molecule has 25 heavy (non-hydrogen) atoms. The van der Waals surface area contributed by atoms with Gasteiger partial charge in [0, 0.05) is 12.2 Å². The molecule has 0 aliphatic heterocycles. The van der Waals surface area contributed by atoms with Crippen LogP contribution in [0.5, 0.6) is 0 Å². The molecule has 1 saturated carbocycles. The predicted octanol–water partition coefficient (Wildman–Crippen LogP) is 4.79. The summed E-state index contributed by atoms with van der Waals surface area (Å²) >= 11 is 0. The van der Waals surface area contributed by atoms with E-state index in [1.165, 1.54) is 44.9 Å². The molecule has 0 heterocycles. The molecule has 1 fully saturated rings. The van der Waals surface area contributed by atoms with Gasteiger partial charge in [-0.1, -0.05) is 58.4 Å². The van der Waals surface area contributed by atoms with Gasteiger partial charge in [-0.3, -0.25) is 0 Å². The number of aliphatic hydroxyl groups excluding tert-OH is 1. The quantitative estimate of drug-likeness (QED) is 0.293. The fraction of sp³-hybridized carbons (Fsp3) is 0.857. The molecular weight excluding hydrogens is 316 g/mol. The minimum absolute atomic E-state index is 0.119. The molecule has 1 aliphatic rings. The molecule has 4 heteroatoms. The zero-order valence-electron chi connectivity index (χ0n) is 16.3. The molecule has 0 spiro atoms. The predicted molar refractivity (Wildman–Crippen MR) is 101 cm³/mol. The second-order valence-corrected chi connectivity index (χ2v) is 7.51. The number of hydrogen-bond donors (Lipinski definition) is 1. The van der Waals surface area contributed by atoms with Crippen LogP contribution >= 0.6 is 0 Å². The van der Waals surface area contributed by atoms with Gasteiger partial charge in [0.2, 0.25) is 0 Å². The molecule has 0 bridgehead atoms. The zero-order valence-corrected chi connectivity index (χ0v) is 16.3. The highest BCUT2D eigenvalue weighted by atomic mass is 16.5. The molecular formula is C21H38O4. The number of hydrogen-bond acceptors (Lipinski definition) is 4. The summed E-state index contributed by atoms with van der Waals surface area (Å²) < 4.78 is 11.2. The third-order valence-corrected chi connectivity index (χ3v) is 4.99. The molecule has 4 nitrogen and oxygen atoms in total. The molecule has 0 aromatic heterocycles. The van der Waals surface area contributed by atoms with Crippen LogP contribution in [-0.2, 0) is 14.3 Å². The van der Waals surface area contributed by atoms with Crippen LogP contribution in [0.2, 0.25) is 0 Å². The van der Waals surface area contributed by atoms with E-state index < -0.39 is 0 Å². The van der Waals surface area contributed by atoms with E-state index in [0.29, 0.717) is 12.2 Å². The first-order valence-electron chi connectivity index (χ1n) is 10.2. The summed E-state index contributed by atoms with van der Waals surface area (Å²) in [6.45, 7) is 8.61. The third kappa shape index (κ3) is 10.0. The van der Waals surface area contributed by atoms with E-state index in [2.05, 4.69) is 13.5 Å². The maximum absolute atomic E-state index is 11.5. The first kappa shape index (κ1) is 22.2. The molecule has 1 aliphatic carbocycles. The van der Waals surface area contributed by atoms with E-state index in [0.717, 1.165) is 32.3 Å². The molecule has 3 atom stereocenters. The van der Waals surface area contributed by atoms with Crippen molar-refractivity contribution >= 4 is 5.97 Å². The topological polar surface area (TPSA) is 55.8 Å². The highest BCUT2D eigenvalue weighted by molar-refractivity contribution is 5.86. The van der Waals surface area contributed by atoms with Gasteiger partial charge in [0.05, 0.1) is 18.8 Å². The Kier molecular flexibility index (Phi) is 11.8. The lowest BCUT2D eigenvalue weighted by Crippen LogP contribution is -2.37. The maximum Gasteiger partial charge on any atom is 0.333 e. The fourth-order valence-corrected chi connectivity index (χ4v) is 3.31. The normalized spacial score (nSPS) is 23.4. The Hall–Kier alpha value is -0.870. The number of rotatable bonds is 13. The van der Waals surface area contributed by atoms with Crippen LogP contribution in [0, 0.1) is 5.92 Å². The van der Waals surface area contributed by atoms with E-state index >= 15 is 0 Å². The first-order valence-corrected chi connectivity index (χ1v) is 10.2. The van der Waals surface area contributed by atoms with Gasteiger partial charge in [-0.15, -0.1) is 0 Å². The van der Waals surface area contributed by atoms with Crippen LogP contribution in [0.1, 0.15) is 84.5 Å². The lowest BCUT2D eigenvalue weighted by molar-refractivity contribution is -0.142. The van der Waals surface area contributed by atoms with Crippen molar-refractivity contribution in [1.29, 1.82) is 0 Å². The van der Waals surface area contributed by atoms with Crippen LogP contribution in [0.15, 0.2) is 12.2 Å². The summed E-state index contributed by atoms with van der Waals surface area (Å²) in [4.78, 5) is 11.5. The highest BCUT2D eigenvalue weighted by Crippen LogP contribution is 2.27. The monoisotopic (exact) mass is 354 g/mol. The van der Waals surface area contributed by atoms with Gasteiger partial charge in [-0.05, 0) is 38.5 Å². The van der Waals surface area contributed by atoms with Gasteiger partial charge in [-0.2, -0.15) is 0 Å². The van der Waals surface area contributed by atoms with Gasteiger partial charge in [0.1, 0.15) is 0 Å². The summed E-state index contributed by atoms with van der Waals surface area (Å²) in [5.74, 6) is -0.0576. The Bertz CT molecular complexity index is 380. The van der Waals surface area contributed by atoms with Gasteiger partial charge >= 0.3 is 5.97 Å². The standard InChI is InChI=1S/C21H38O4/c1-4-5-6-7-8-9-10-11-14-24-20-15-18(12-13-19(20)22)16-25-21(23)17(2)3/h18-20,22H,2,4-16H2,1,3H3. The number of ether oxygens (including phenoxy) is 2.